The lowest BCUT2D eigenvalue weighted by Gasteiger charge is -2.31. The summed E-state index contributed by atoms with van der Waals surface area (Å²) in [6, 6.07) is 16.9. The van der Waals surface area contributed by atoms with Crippen LogP contribution in [0.4, 0.5) is 4.79 Å². The molecule has 0 bridgehead atoms. The molecule has 5 rings (SSSR count). The predicted octanol–water partition coefficient (Wildman–Crippen LogP) is 5.11. The standard InChI is InChI=1S/C25H27N3O3S/c29-25(30)28-14-8-19(9-15-28)20-6-7-22-23(16-20)32-24(26-22)31-21-10-12-27(13-11-21)17-18-4-2-1-3-5-18/h1-8,16,21H,9-15,17H2,(H,29,30). The van der Waals surface area contributed by atoms with Crippen LogP contribution in [-0.4, -0.2) is 58.3 Å². The summed E-state index contributed by atoms with van der Waals surface area (Å²) in [5, 5.41) is 9.87. The molecule has 2 aromatic carbocycles. The highest BCUT2D eigenvalue weighted by Crippen LogP contribution is 2.33. The number of nitrogens with zero attached hydrogens (tertiary/aromatic N) is 3. The molecule has 1 fully saturated rings. The average Bonchev–Trinajstić information content (AvgIpc) is 3.22. The van der Waals surface area contributed by atoms with Gasteiger partial charge in [-0.3, -0.25) is 4.90 Å². The molecule has 1 aromatic heterocycles. The predicted molar refractivity (Wildman–Crippen MR) is 127 cm³/mol. The summed E-state index contributed by atoms with van der Waals surface area (Å²) >= 11 is 1.60. The Kier molecular flexibility index (Phi) is 6.10. The summed E-state index contributed by atoms with van der Waals surface area (Å²) in [6.45, 7) is 4.06. The van der Waals surface area contributed by atoms with E-state index in [1.54, 1.807) is 11.3 Å². The molecule has 2 aliphatic heterocycles. The Labute approximate surface area is 191 Å². The Morgan fingerprint density at radius 2 is 1.94 bits per heavy atom. The van der Waals surface area contributed by atoms with Crippen LogP contribution in [0.3, 0.4) is 0 Å². The minimum absolute atomic E-state index is 0.213. The average molecular weight is 450 g/mol. The molecule has 3 heterocycles. The lowest BCUT2D eigenvalue weighted by Crippen LogP contribution is -2.37. The van der Waals surface area contributed by atoms with E-state index < -0.39 is 6.09 Å². The van der Waals surface area contributed by atoms with E-state index in [-0.39, 0.29) is 6.10 Å². The van der Waals surface area contributed by atoms with Gasteiger partial charge >= 0.3 is 6.09 Å². The Hall–Kier alpha value is -2.90. The van der Waals surface area contributed by atoms with E-state index in [9.17, 15) is 4.79 Å². The molecule has 1 amide bonds. The Morgan fingerprint density at radius 1 is 1.12 bits per heavy atom. The second-order valence-electron chi connectivity index (χ2n) is 8.45. The van der Waals surface area contributed by atoms with Gasteiger partial charge in [0.1, 0.15) is 6.10 Å². The number of rotatable bonds is 5. The van der Waals surface area contributed by atoms with Crippen molar-refractivity contribution in [1.82, 2.24) is 14.8 Å². The van der Waals surface area contributed by atoms with Crippen molar-refractivity contribution in [3.63, 3.8) is 0 Å². The molecule has 166 valence electrons. The second kappa shape index (κ2) is 9.30. The fraction of sp³-hybridized carbons (Fsp3) is 0.360. The molecule has 0 radical (unpaired) electrons. The smallest absolute Gasteiger partial charge is 0.407 e. The summed E-state index contributed by atoms with van der Waals surface area (Å²) in [7, 11) is 0. The number of fused-ring (bicyclic) bond motifs is 1. The van der Waals surface area contributed by atoms with E-state index in [1.165, 1.54) is 16.0 Å². The first-order chi connectivity index (χ1) is 15.6. The summed E-state index contributed by atoms with van der Waals surface area (Å²) < 4.78 is 7.37. The van der Waals surface area contributed by atoms with Gasteiger partial charge in [0.2, 0.25) is 0 Å². The number of thiazole rings is 1. The molecule has 3 aromatic rings. The third-order valence-electron chi connectivity index (χ3n) is 6.27. The van der Waals surface area contributed by atoms with Gasteiger partial charge in [-0.25, -0.2) is 9.78 Å². The number of hydrogen-bond donors (Lipinski definition) is 1. The molecule has 0 unspecified atom stereocenters. The van der Waals surface area contributed by atoms with Gasteiger partial charge in [-0.1, -0.05) is 53.8 Å². The summed E-state index contributed by atoms with van der Waals surface area (Å²) in [4.78, 5) is 19.7. The van der Waals surface area contributed by atoms with Crippen molar-refractivity contribution in [2.75, 3.05) is 26.2 Å². The number of benzene rings is 2. The number of amides is 1. The van der Waals surface area contributed by atoms with Gasteiger partial charge in [0, 0.05) is 32.7 Å². The van der Waals surface area contributed by atoms with Crippen molar-refractivity contribution in [3.05, 3.63) is 65.7 Å². The van der Waals surface area contributed by atoms with Gasteiger partial charge in [0.15, 0.2) is 0 Å². The van der Waals surface area contributed by atoms with Gasteiger partial charge in [-0.15, -0.1) is 0 Å². The molecule has 0 aliphatic carbocycles. The van der Waals surface area contributed by atoms with Crippen LogP contribution in [0.2, 0.25) is 0 Å². The van der Waals surface area contributed by atoms with Crippen LogP contribution < -0.4 is 4.74 Å². The van der Waals surface area contributed by atoms with Crippen molar-refractivity contribution >= 4 is 33.2 Å². The Bertz CT molecular complexity index is 1120. The first-order valence-corrected chi connectivity index (χ1v) is 12.0. The van der Waals surface area contributed by atoms with Crippen molar-refractivity contribution in [2.24, 2.45) is 0 Å². The van der Waals surface area contributed by atoms with Crippen LogP contribution >= 0.6 is 11.3 Å². The van der Waals surface area contributed by atoms with Crippen LogP contribution in [0.15, 0.2) is 54.6 Å². The fourth-order valence-electron chi connectivity index (χ4n) is 4.43. The van der Waals surface area contributed by atoms with E-state index in [1.807, 2.05) is 12.1 Å². The molecule has 2 aliphatic rings. The van der Waals surface area contributed by atoms with Gasteiger partial charge in [0.25, 0.3) is 5.19 Å². The highest BCUT2D eigenvalue weighted by atomic mass is 32.1. The first-order valence-electron chi connectivity index (χ1n) is 11.1. The summed E-state index contributed by atoms with van der Waals surface area (Å²) in [5.41, 5.74) is 4.66. The maximum Gasteiger partial charge on any atom is 0.407 e. The highest BCUT2D eigenvalue weighted by molar-refractivity contribution is 7.20. The number of piperidine rings is 1. The van der Waals surface area contributed by atoms with E-state index in [2.05, 4.69) is 47.4 Å². The van der Waals surface area contributed by atoms with Crippen molar-refractivity contribution < 1.29 is 14.6 Å². The maximum atomic E-state index is 11.1. The van der Waals surface area contributed by atoms with Gasteiger partial charge in [-0.2, -0.15) is 0 Å². The van der Waals surface area contributed by atoms with Crippen LogP contribution in [0.5, 0.6) is 5.19 Å². The molecule has 0 saturated carbocycles. The minimum Gasteiger partial charge on any atom is -0.467 e. The molecule has 6 nitrogen and oxygen atoms in total. The SMILES string of the molecule is O=C(O)N1CC=C(c2ccc3nc(OC4CCN(Cc5ccccc5)CC4)sc3c2)CC1. The summed E-state index contributed by atoms with van der Waals surface area (Å²) in [6.07, 6.45) is 4.14. The minimum atomic E-state index is -0.856. The molecule has 0 spiro atoms. The highest BCUT2D eigenvalue weighted by Gasteiger charge is 2.22. The lowest BCUT2D eigenvalue weighted by molar-refractivity contribution is 0.0967. The van der Waals surface area contributed by atoms with Crippen LogP contribution in [0.1, 0.15) is 30.4 Å². The third-order valence-corrected chi connectivity index (χ3v) is 7.18. The largest absolute Gasteiger partial charge is 0.467 e. The lowest BCUT2D eigenvalue weighted by atomic mass is 9.99. The van der Waals surface area contributed by atoms with Crippen LogP contribution in [-0.2, 0) is 6.54 Å². The Morgan fingerprint density at radius 3 is 2.66 bits per heavy atom. The number of aromatic nitrogens is 1. The molecular weight excluding hydrogens is 422 g/mol. The van der Waals surface area contributed by atoms with E-state index in [0.29, 0.717) is 13.1 Å². The normalized spacial score (nSPS) is 18.0. The van der Waals surface area contributed by atoms with Crippen LogP contribution in [0, 0.1) is 0 Å². The van der Waals surface area contributed by atoms with E-state index in [4.69, 9.17) is 14.8 Å². The zero-order chi connectivity index (χ0) is 21.9. The zero-order valence-electron chi connectivity index (χ0n) is 17.9. The fourth-order valence-corrected chi connectivity index (χ4v) is 5.35. The number of hydrogen-bond acceptors (Lipinski definition) is 5. The van der Waals surface area contributed by atoms with E-state index in [0.717, 1.165) is 59.9 Å². The number of likely N-dealkylation sites (tertiary alicyclic amines) is 1. The number of carbonyl (C=O) groups is 1. The topological polar surface area (TPSA) is 65.9 Å². The number of ether oxygens (including phenoxy) is 1. The summed E-state index contributed by atoms with van der Waals surface area (Å²) in [5.74, 6) is 0. The molecule has 1 N–H and O–H groups in total. The molecule has 1 saturated heterocycles. The van der Waals surface area contributed by atoms with Crippen molar-refractivity contribution in [1.29, 1.82) is 0 Å². The first kappa shape index (κ1) is 21.0. The van der Waals surface area contributed by atoms with Crippen molar-refractivity contribution in [3.8, 4) is 5.19 Å². The number of carboxylic acid groups (broad SMARTS) is 1. The second-order valence-corrected chi connectivity index (χ2v) is 9.44. The maximum absolute atomic E-state index is 11.1. The molecule has 32 heavy (non-hydrogen) atoms. The van der Waals surface area contributed by atoms with Crippen molar-refractivity contribution in [2.45, 2.75) is 31.9 Å². The van der Waals surface area contributed by atoms with Gasteiger partial charge < -0.3 is 14.7 Å². The third kappa shape index (κ3) is 4.79. The molecule has 7 heteroatoms. The quantitative estimate of drug-likeness (QED) is 0.587. The molecule has 0 atom stereocenters. The molecular formula is C25H27N3O3S. The van der Waals surface area contributed by atoms with Crippen LogP contribution in [0.25, 0.3) is 15.8 Å². The van der Waals surface area contributed by atoms with Gasteiger partial charge in [0.05, 0.1) is 10.2 Å². The zero-order valence-corrected chi connectivity index (χ0v) is 18.8. The monoisotopic (exact) mass is 449 g/mol. The Balaban J connectivity index is 1.19. The van der Waals surface area contributed by atoms with E-state index >= 15 is 0 Å². The van der Waals surface area contributed by atoms with Gasteiger partial charge in [-0.05, 0) is 48.1 Å².